The van der Waals surface area contributed by atoms with Gasteiger partial charge in [-0.15, -0.1) is 0 Å². The first kappa shape index (κ1) is 18.1. The minimum atomic E-state index is -0.276. The molecule has 0 radical (unpaired) electrons. The fourth-order valence-electron chi connectivity index (χ4n) is 2.48. The molecule has 1 aromatic heterocycles. The van der Waals surface area contributed by atoms with Gasteiger partial charge in [0.1, 0.15) is 11.6 Å². The van der Waals surface area contributed by atoms with Crippen molar-refractivity contribution in [3.8, 4) is 5.75 Å². The van der Waals surface area contributed by atoms with Crippen LogP contribution in [0.4, 0.5) is 17.2 Å². The summed E-state index contributed by atoms with van der Waals surface area (Å²) in [5.74, 6) is 1.01. The molecule has 1 amide bonds. The van der Waals surface area contributed by atoms with Crippen molar-refractivity contribution < 1.29 is 14.3 Å². The van der Waals surface area contributed by atoms with Crippen LogP contribution in [0, 0.1) is 0 Å². The van der Waals surface area contributed by atoms with E-state index >= 15 is 0 Å². The number of nitrogens with zero attached hydrogens (tertiary/aromatic N) is 1. The van der Waals surface area contributed by atoms with Crippen LogP contribution >= 0.6 is 0 Å². The Morgan fingerprint density at radius 2 is 1.63 bits per heavy atom. The summed E-state index contributed by atoms with van der Waals surface area (Å²) < 4.78 is 5.29. The van der Waals surface area contributed by atoms with Crippen LogP contribution in [-0.4, -0.2) is 23.8 Å². The molecule has 3 rings (SSSR count). The molecule has 1 heterocycles. The Balaban J connectivity index is 1.67. The van der Waals surface area contributed by atoms with Gasteiger partial charge in [0.05, 0.1) is 18.4 Å². The SMILES string of the molecule is COc1ccccc1Nc1ccc(C(=O)Nc2ccc(C(C)=O)cc2)cn1. The summed E-state index contributed by atoms with van der Waals surface area (Å²) in [6.45, 7) is 1.50. The molecule has 2 aromatic carbocycles. The summed E-state index contributed by atoms with van der Waals surface area (Å²) in [4.78, 5) is 27.9. The van der Waals surface area contributed by atoms with Crippen LogP contribution in [0.15, 0.2) is 66.9 Å². The number of ether oxygens (including phenoxy) is 1. The highest BCUT2D eigenvalue weighted by Gasteiger charge is 2.08. The molecule has 6 heteroatoms. The van der Waals surface area contributed by atoms with Gasteiger partial charge in [-0.3, -0.25) is 9.59 Å². The van der Waals surface area contributed by atoms with E-state index < -0.39 is 0 Å². The zero-order chi connectivity index (χ0) is 19.2. The number of nitrogens with one attached hydrogen (secondary N) is 2. The number of hydrogen-bond donors (Lipinski definition) is 2. The average Bonchev–Trinajstić information content (AvgIpc) is 2.69. The Hall–Kier alpha value is -3.67. The van der Waals surface area contributed by atoms with Gasteiger partial charge in [0, 0.05) is 17.4 Å². The Bertz CT molecular complexity index is 951. The van der Waals surface area contributed by atoms with Gasteiger partial charge in [0.25, 0.3) is 5.91 Å². The number of anilines is 3. The Kier molecular flexibility index (Phi) is 5.47. The van der Waals surface area contributed by atoms with Gasteiger partial charge in [-0.1, -0.05) is 12.1 Å². The summed E-state index contributed by atoms with van der Waals surface area (Å²) in [5.41, 5.74) is 2.43. The zero-order valence-corrected chi connectivity index (χ0v) is 15.0. The van der Waals surface area contributed by atoms with Gasteiger partial charge < -0.3 is 15.4 Å². The molecule has 0 atom stereocenters. The number of rotatable bonds is 6. The van der Waals surface area contributed by atoms with Gasteiger partial charge in [0.2, 0.25) is 0 Å². The highest BCUT2D eigenvalue weighted by molar-refractivity contribution is 6.04. The molecular formula is C21H19N3O3. The normalized spacial score (nSPS) is 10.1. The van der Waals surface area contributed by atoms with Crippen molar-refractivity contribution in [2.75, 3.05) is 17.7 Å². The molecule has 0 unspecified atom stereocenters. The predicted octanol–water partition coefficient (Wildman–Crippen LogP) is 4.29. The van der Waals surface area contributed by atoms with Gasteiger partial charge in [0.15, 0.2) is 5.78 Å². The van der Waals surface area contributed by atoms with E-state index in [9.17, 15) is 9.59 Å². The molecule has 0 bridgehead atoms. The molecule has 0 aliphatic heterocycles. The van der Waals surface area contributed by atoms with E-state index in [2.05, 4.69) is 15.6 Å². The second kappa shape index (κ2) is 8.14. The number of ketones is 1. The minimum Gasteiger partial charge on any atom is -0.495 e. The van der Waals surface area contributed by atoms with Crippen molar-refractivity contribution in [3.05, 3.63) is 78.0 Å². The number of amides is 1. The number of Topliss-reactive ketones (excluding diaryl/α,β-unsaturated/α-hetero) is 1. The number of methoxy groups -OCH3 is 1. The first-order chi connectivity index (χ1) is 13.1. The third-order valence-corrected chi connectivity index (χ3v) is 3.94. The molecular weight excluding hydrogens is 342 g/mol. The Morgan fingerprint density at radius 3 is 2.26 bits per heavy atom. The van der Waals surface area contributed by atoms with E-state index in [-0.39, 0.29) is 11.7 Å². The third-order valence-electron chi connectivity index (χ3n) is 3.94. The number of pyridine rings is 1. The summed E-state index contributed by atoms with van der Waals surface area (Å²) in [5, 5.41) is 5.94. The fourth-order valence-corrected chi connectivity index (χ4v) is 2.48. The van der Waals surface area contributed by atoms with E-state index in [1.807, 2.05) is 24.3 Å². The van der Waals surface area contributed by atoms with Gasteiger partial charge in [-0.25, -0.2) is 4.98 Å². The molecule has 0 fully saturated rings. The van der Waals surface area contributed by atoms with Crippen LogP contribution in [0.2, 0.25) is 0 Å². The predicted molar refractivity (Wildman–Crippen MR) is 105 cm³/mol. The Labute approximate surface area is 157 Å². The van der Waals surface area contributed by atoms with Crippen LogP contribution in [0.3, 0.4) is 0 Å². The first-order valence-corrected chi connectivity index (χ1v) is 8.35. The van der Waals surface area contributed by atoms with Gasteiger partial charge >= 0.3 is 0 Å². The molecule has 6 nitrogen and oxygen atoms in total. The van der Waals surface area contributed by atoms with Gasteiger partial charge in [-0.2, -0.15) is 0 Å². The summed E-state index contributed by atoms with van der Waals surface area (Å²) in [7, 11) is 1.60. The lowest BCUT2D eigenvalue weighted by molar-refractivity contribution is 0.101. The second-order valence-electron chi connectivity index (χ2n) is 5.85. The van der Waals surface area contributed by atoms with Crippen LogP contribution in [0.25, 0.3) is 0 Å². The molecule has 0 spiro atoms. The maximum absolute atomic E-state index is 12.3. The summed E-state index contributed by atoms with van der Waals surface area (Å²) >= 11 is 0. The van der Waals surface area contributed by atoms with Crippen LogP contribution in [-0.2, 0) is 0 Å². The molecule has 27 heavy (non-hydrogen) atoms. The average molecular weight is 361 g/mol. The number of carbonyl (C=O) groups excluding carboxylic acids is 2. The van der Waals surface area contributed by atoms with E-state index in [1.54, 1.807) is 43.5 Å². The van der Waals surface area contributed by atoms with Crippen LogP contribution < -0.4 is 15.4 Å². The molecule has 0 aliphatic carbocycles. The van der Waals surface area contributed by atoms with E-state index in [1.165, 1.54) is 13.1 Å². The molecule has 0 saturated heterocycles. The van der Waals surface area contributed by atoms with E-state index in [0.717, 1.165) is 5.69 Å². The molecule has 0 aliphatic rings. The maximum Gasteiger partial charge on any atom is 0.257 e. The maximum atomic E-state index is 12.3. The quantitative estimate of drug-likeness (QED) is 0.640. The highest BCUT2D eigenvalue weighted by Crippen LogP contribution is 2.26. The summed E-state index contributed by atoms with van der Waals surface area (Å²) in [6, 6.07) is 17.7. The topological polar surface area (TPSA) is 80.3 Å². The van der Waals surface area contributed by atoms with Crippen LogP contribution in [0.5, 0.6) is 5.75 Å². The smallest absolute Gasteiger partial charge is 0.257 e. The van der Waals surface area contributed by atoms with E-state index in [4.69, 9.17) is 4.74 Å². The van der Waals surface area contributed by atoms with Crippen molar-refractivity contribution in [3.63, 3.8) is 0 Å². The van der Waals surface area contributed by atoms with Crippen molar-refractivity contribution >= 4 is 28.9 Å². The van der Waals surface area contributed by atoms with E-state index in [0.29, 0.717) is 28.4 Å². The number of hydrogen-bond acceptors (Lipinski definition) is 5. The van der Waals surface area contributed by atoms with Crippen LogP contribution in [0.1, 0.15) is 27.6 Å². The van der Waals surface area contributed by atoms with Crippen molar-refractivity contribution in [1.82, 2.24) is 4.98 Å². The van der Waals surface area contributed by atoms with Crippen molar-refractivity contribution in [2.24, 2.45) is 0 Å². The molecule has 0 saturated carbocycles. The highest BCUT2D eigenvalue weighted by atomic mass is 16.5. The van der Waals surface area contributed by atoms with Gasteiger partial charge in [-0.05, 0) is 55.5 Å². The molecule has 3 aromatic rings. The van der Waals surface area contributed by atoms with Crippen molar-refractivity contribution in [2.45, 2.75) is 6.92 Å². The second-order valence-corrected chi connectivity index (χ2v) is 5.85. The Morgan fingerprint density at radius 1 is 0.926 bits per heavy atom. The minimum absolute atomic E-state index is 0.0183. The number of carbonyl (C=O) groups is 2. The largest absolute Gasteiger partial charge is 0.495 e. The molecule has 136 valence electrons. The summed E-state index contributed by atoms with van der Waals surface area (Å²) in [6.07, 6.45) is 1.50. The lowest BCUT2D eigenvalue weighted by Crippen LogP contribution is -2.12. The first-order valence-electron chi connectivity index (χ1n) is 8.35. The zero-order valence-electron chi connectivity index (χ0n) is 15.0. The molecule has 2 N–H and O–H groups in total. The fraction of sp³-hybridized carbons (Fsp3) is 0.0952. The number of benzene rings is 2. The standard InChI is InChI=1S/C21H19N3O3/c1-14(25)15-7-10-17(11-8-15)23-21(26)16-9-12-20(22-13-16)24-18-5-3-4-6-19(18)27-2/h3-13H,1-2H3,(H,22,24)(H,23,26). The lowest BCUT2D eigenvalue weighted by atomic mass is 10.1. The lowest BCUT2D eigenvalue weighted by Gasteiger charge is -2.10. The monoisotopic (exact) mass is 361 g/mol. The third kappa shape index (κ3) is 4.49. The van der Waals surface area contributed by atoms with Crippen molar-refractivity contribution in [1.29, 1.82) is 0 Å². The number of aromatic nitrogens is 1. The number of para-hydroxylation sites is 2.